The Hall–Kier alpha value is -2.87. The first-order valence-electron chi connectivity index (χ1n) is 8.65. The van der Waals surface area contributed by atoms with Crippen LogP contribution in [-0.4, -0.2) is 37.7 Å². The minimum atomic E-state index is -0.627. The van der Waals surface area contributed by atoms with Gasteiger partial charge in [0.05, 0.1) is 24.3 Å². The summed E-state index contributed by atoms with van der Waals surface area (Å²) in [5.41, 5.74) is 1.36. The van der Waals surface area contributed by atoms with Crippen molar-refractivity contribution >= 4 is 34.2 Å². The van der Waals surface area contributed by atoms with E-state index in [1.807, 2.05) is 20.8 Å². The Bertz CT molecular complexity index is 870. The molecule has 0 unspecified atom stereocenters. The lowest BCUT2D eigenvalue weighted by Crippen LogP contribution is -2.21. The molecule has 8 heteroatoms. The first-order chi connectivity index (χ1) is 13.2. The average molecular weight is 405 g/mol. The van der Waals surface area contributed by atoms with Crippen LogP contribution in [0.1, 0.15) is 45.0 Å². The lowest BCUT2D eigenvalue weighted by atomic mass is 10.1. The molecule has 0 aliphatic heterocycles. The zero-order valence-corrected chi connectivity index (χ0v) is 17.3. The van der Waals surface area contributed by atoms with E-state index < -0.39 is 24.5 Å². The van der Waals surface area contributed by atoms with Gasteiger partial charge in [-0.2, -0.15) is 0 Å². The zero-order valence-electron chi connectivity index (χ0n) is 16.5. The minimum Gasteiger partial charge on any atom is -0.491 e. The van der Waals surface area contributed by atoms with Crippen LogP contribution >= 0.6 is 11.3 Å². The number of amides is 1. The van der Waals surface area contributed by atoms with Crippen molar-refractivity contribution in [3.05, 3.63) is 45.8 Å². The van der Waals surface area contributed by atoms with Crippen LogP contribution in [0.15, 0.2) is 24.3 Å². The number of hydrogen-bond donors (Lipinski definition) is 1. The number of rotatable bonds is 7. The molecule has 2 rings (SSSR count). The van der Waals surface area contributed by atoms with Crippen LogP contribution in [0.3, 0.4) is 0 Å². The summed E-state index contributed by atoms with van der Waals surface area (Å²) in [5, 5.41) is 2.98. The van der Waals surface area contributed by atoms with E-state index in [2.05, 4.69) is 5.32 Å². The summed E-state index contributed by atoms with van der Waals surface area (Å²) in [6.07, 6.45) is 0.0286. The third-order valence-corrected chi connectivity index (χ3v) is 4.95. The van der Waals surface area contributed by atoms with Crippen LogP contribution in [0.4, 0.5) is 5.00 Å². The lowest BCUT2D eigenvalue weighted by Gasteiger charge is -2.10. The molecule has 1 aromatic heterocycles. The summed E-state index contributed by atoms with van der Waals surface area (Å²) in [7, 11) is 1.28. The first-order valence-corrected chi connectivity index (χ1v) is 9.46. The van der Waals surface area contributed by atoms with Crippen molar-refractivity contribution in [2.45, 2.75) is 33.8 Å². The van der Waals surface area contributed by atoms with Gasteiger partial charge in [0.2, 0.25) is 0 Å². The Morgan fingerprint density at radius 3 is 2.29 bits per heavy atom. The van der Waals surface area contributed by atoms with E-state index >= 15 is 0 Å². The summed E-state index contributed by atoms with van der Waals surface area (Å²) >= 11 is 1.26. The lowest BCUT2D eigenvalue weighted by molar-refractivity contribution is -0.119. The number of ether oxygens (including phenoxy) is 3. The normalized spacial score (nSPS) is 10.5. The Labute approximate surface area is 167 Å². The van der Waals surface area contributed by atoms with E-state index in [4.69, 9.17) is 14.2 Å². The van der Waals surface area contributed by atoms with Crippen molar-refractivity contribution < 1.29 is 28.6 Å². The molecule has 150 valence electrons. The maximum atomic E-state index is 12.2. The fourth-order valence-electron chi connectivity index (χ4n) is 2.38. The highest BCUT2D eigenvalue weighted by Crippen LogP contribution is 2.32. The largest absolute Gasteiger partial charge is 0.491 e. The molecule has 0 spiro atoms. The zero-order chi connectivity index (χ0) is 20.8. The number of thiophene rings is 1. The van der Waals surface area contributed by atoms with E-state index in [1.54, 1.807) is 31.2 Å². The van der Waals surface area contributed by atoms with Gasteiger partial charge in [0.25, 0.3) is 5.91 Å². The highest BCUT2D eigenvalue weighted by molar-refractivity contribution is 7.16. The van der Waals surface area contributed by atoms with Gasteiger partial charge in [0.15, 0.2) is 6.61 Å². The predicted molar refractivity (Wildman–Crippen MR) is 106 cm³/mol. The van der Waals surface area contributed by atoms with Gasteiger partial charge in [0, 0.05) is 4.88 Å². The van der Waals surface area contributed by atoms with Crippen LogP contribution in [-0.2, 0) is 14.3 Å². The number of benzene rings is 1. The van der Waals surface area contributed by atoms with Gasteiger partial charge in [-0.05, 0) is 57.5 Å². The van der Waals surface area contributed by atoms with Gasteiger partial charge >= 0.3 is 11.9 Å². The number of carbonyl (C=O) groups is 3. The molecule has 7 nitrogen and oxygen atoms in total. The van der Waals surface area contributed by atoms with Crippen molar-refractivity contribution in [3.63, 3.8) is 0 Å². The highest BCUT2D eigenvalue weighted by Gasteiger charge is 2.22. The molecule has 0 bridgehead atoms. The van der Waals surface area contributed by atoms with Crippen molar-refractivity contribution in [1.82, 2.24) is 0 Å². The molecular weight excluding hydrogens is 382 g/mol. The van der Waals surface area contributed by atoms with Crippen LogP contribution in [0.5, 0.6) is 5.75 Å². The first kappa shape index (κ1) is 21.4. The van der Waals surface area contributed by atoms with Crippen molar-refractivity contribution in [1.29, 1.82) is 0 Å². The number of carbonyl (C=O) groups excluding carboxylic acids is 3. The van der Waals surface area contributed by atoms with E-state index in [9.17, 15) is 14.4 Å². The smallest absolute Gasteiger partial charge is 0.341 e. The number of aryl methyl sites for hydroxylation is 1. The van der Waals surface area contributed by atoms with E-state index in [1.165, 1.54) is 18.4 Å². The van der Waals surface area contributed by atoms with Crippen molar-refractivity contribution in [3.8, 4) is 5.75 Å². The standard InChI is InChI=1S/C20H23NO6S/c1-11(2)27-15-8-6-14(7-9-15)19(23)26-10-16(22)21-18-17(20(24)25-5)12(3)13(4)28-18/h6-9,11H,10H2,1-5H3,(H,21,22). The predicted octanol–water partition coefficient (Wildman–Crippen LogP) is 3.73. The van der Waals surface area contributed by atoms with Gasteiger partial charge in [-0.1, -0.05) is 0 Å². The fraction of sp³-hybridized carbons (Fsp3) is 0.350. The third-order valence-electron chi connectivity index (χ3n) is 3.82. The van der Waals surface area contributed by atoms with Gasteiger partial charge in [0.1, 0.15) is 10.8 Å². The molecule has 1 heterocycles. The molecule has 0 aliphatic rings. The Morgan fingerprint density at radius 1 is 1.07 bits per heavy atom. The molecule has 28 heavy (non-hydrogen) atoms. The Morgan fingerprint density at radius 2 is 1.71 bits per heavy atom. The van der Waals surface area contributed by atoms with Gasteiger partial charge in [-0.25, -0.2) is 9.59 Å². The quantitative estimate of drug-likeness (QED) is 0.706. The van der Waals surface area contributed by atoms with Crippen molar-refractivity contribution in [2.75, 3.05) is 19.0 Å². The number of nitrogens with one attached hydrogen (secondary N) is 1. The van der Waals surface area contributed by atoms with E-state index in [0.29, 0.717) is 21.9 Å². The highest BCUT2D eigenvalue weighted by atomic mass is 32.1. The number of anilines is 1. The topological polar surface area (TPSA) is 90.9 Å². The van der Waals surface area contributed by atoms with Gasteiger partial charge in [-0.3, -0.25) is 4.79 Å². The molecule has 1 N–H and O–H groups in total. The fourth-order valence-corrected chi connectivity index (χ4v) is 3.45. The minimum absolute atomic E-state index is 0.0286. The van der Waals surface area contributed by atoms with Gasteiger partial charge < -0.3 is 19.5 Å². The summed E-state index contributed by atoms with van der Waals surface area (Å²) < 4.78 is 15.3. The van der Waals surface area contributed by atoms with Gasteiger partial charge in [-0.15, -0.1) is 11.3 Å². The SMILES string of the molecule is COC(=O)c1c(NC(=O)COC(=O)c2ccc(OC(C)C)cc2)sc(C)c1C. The molecular formula is C20H23NO6S. The summed E-state index contributed by atoms with van der Waals surface area (Å²) in [4.78, 5) is 37.1. The van der Waals surface area contributed by atoms with Crippen LogP contribution in [0.2, 0.25) is 0 Å². The Kier molecular flexibility index (Phi) is 7.17. The maximum Gasteiger partial charge on any atom is 0.341 e. The van der Waals surface area contributed by atoms with Crippen LogP contribution in [0.25, 0.3) is 0 Å². The maximum absolute atomic E-state index is 12.2. The molecule has 0 saturated carbocycles. The molecule has 1 aromatic carbocycles. The number of esters is 2. The van der Waals surface area contributed by atoms with Crippen LogP contribution in [0, 0.1) is 13.8 Å². The second-order valence-electron chi connectivity index (χ2n) is 6.29. The third kappa shape index (κ3) is 5.32. The molecule has 0 aliphatic carbocycles. The molecule has 2 aromatic rings. The summed E-state index contributed by atoms with van der Waals surface area (Å²) in [5.74, 6) is -1.06. The molecule has 0 radical (unpaired) electrons. The second kappa shape index (κ2) is 9.36. The molecule has 0 saturated heterocycles. The summed E-state index contributed by atoms with van der Waals surface area (Å²) in [6, 6.07) is 6.46. The van der Waals surface area contributed by atoms with Crippen molar-refractivity contribution in [2.24, 2.45) is 0 Å². The summed E-state index contributed by atoms with van der Waals surface area (Å²) in [6.45, 7) is 6.96. The number of methoxy groups -OCH3 is 1. The molecule has 1 amide bonds. The van der Waals surface area contributed by atoms with E-state index in [0.717, 1.165) is 10.4 Å². The van der Waals surface area contributed by atoms with Crippen LogP contribution < -0.4 is 10.1 Å². The Balaban J connectivity index is 1.96. The molecule has 0 fully saturated rings. The second-order valence-corrected chi connectivity index (χ2v) is 7.52. The van der Waals surface area contributed by atoms with E-state index in [-0.39, 0.29) is 6.10 Å². The monoisotopic (exact) mass is 405 g/mol. The number of hydrogen-bond acceptors (Lipinski definition) is 7. The molecule has 0 atom stereocenters. The average Bonchev–Trinajstić information content (AvgIpc) is 2.92.